The standard InChI is InChI=1S/C15H17N3O2S/c1-10-2-4-11(5-3-10)6-9-13(19)16-15(21)18-17-14(20)12-7-8-12/h2-6,9,12H,7-8H2,1H3,(H,17,20)(H2,16,18,19,21)/b9-6+. The molecule has 0 unspecified atom stereocenters. The van der Waals surface area contributed by atoms with Crippen LogP contribution in [0.4, 0.5) is 0 Å². The fourth-order valence-electron chi connectivity index (χ4n) is 1.60. The lowest BCUT2D eigenvalue weighted by Gasteiger charge is -2.08. The zero-order valence-electron chi connectivity index (χ0n) is 11.7. The summed E-state index contributed by atoms with van der Waals surface area (Å²) < 4.78 is 0. The summed E-state index contributed by atoms with van der Waals surface area (Å²) in [6.45, 7) is 2.00. The van der Waals surface area contributed by atoms with E-state index in [9.17, 15) is 9.59 Å². The van der Waals surface area contributed by atoms with Gasteiger partial charge in [-0.25, -0.2) is 0 Å². The normalized spacial score (nSPS) is 13.8. The summed E-state index contributed by atoms with van der Waals surface area (Å²) in [7, 11) is 0. The maximum absolute atomic E-state index is 11.6. The Morgan fingerprint density at radius 3 is 2.48 bits per heavy atom. The van der Waals surface area contributed by atoms with Crippen LogP contribution < -0.4 is 16.2 Å². The van der Waals surface area contributed by atoms with E-state index in [0.717, 1.165) is 24.0 Å². The topological polar surface area (TPSA) is 70.2 Å². The Bertz CT molecular complexity index is 577. The summed E-state index contributed by atoms with van der Waals surface area (Å²) in [6, 6.07) is 7.78. The van der Waals surface area contributed by atoms with Crippen LogP contribution in [0.25, 0.3) is 6.08 Å². The molecule has 6 heteroatoms. The van der Waals surface area contributed by atoms with E-state index < -0.39 is 0 Å². The number of hydrogen-bond donors (Lipinski definition) is 3. The lowest BCUT2D eigenvalue weighted by atomic mass is 10.1. The smallest absolute Gasteiger partial charge is 0.250 e. The quantitative estimate of drug-likeness (QED) is 0.449. The number of hydrogen-bond acceptors (Lipinski definition) is 3. The first kappa shape index (κ1) is 15.2. The van der Waals surface area contributed by atoms with Gasteiger partial charge in [0.05, 0.1) is 0 Å². The van der Waals surface area contributed by atoms with E-state index in [4.69, 9.17) is 12.2 Å². The van der Waals surface area contributed by atoms with Gasteiger partial charge in [0.25, 0.3) is 0 Å². The molecule has 5 nitrogen and oxygen atoms in total. The zero-order chi connectivity index (χ0) is 15.2. The molecular weight excluding hydrogens is 286 g/mol. The van der Waals surface area contributed by atoms with Gasteiger partial charge in [-0.1, -0.05) is 29.8 Å². The lowest BCUT2D eigenvalue weighted by molar-refractivity contribution is -0.123. The van der Waals surface area contributed by atoms with Crippen molar-refractivity contribution in [3.63, 3.8) is 0 Å². The van der Waals surface area contributed by atoms with Gasteiger partial charge >= 0.3 is 0 Å². The molecule has 0 heterocycles. The molecule has 3 N–H and O–H groups in total. The Hall–Kier alpha value is -2.21. The second-order valence-corrected chi connectivity index (χ2v) is 5.36. The monoisotopic (exact) mass is 303 g/mol. The summed E-state index contributed by atoms with van der Waals surface area (Å²) in [6.07, 6.45) is 4.90. The van der Waals surface area contributed by atoms with Crippen LogP contribution in [0.3, 0.4) is 0 Å². The molecule has 0 bridgehead atoms. The molecule has 0 radical (unpaired) electrons. The lowest BCUT2D eigenvalue weighted by Crippen LogP contribution is -2.48. The molecule has 21 heavy (non-hydrogen) atoms. The maximum atomic E-state index is 11.6. The Balaban J connectivity index is 1.73. The molecule has 0 atom stereocenters. The predicted octanol–water partition coefficient (Wildman–Crippen LogP) is 1.44. The van der Waals surface area contributed by atoms with E-state index in [1.54, 1.807) is 6.08 Å². The third kappa shape index (κ3) is 5.35. The second-order valence-electron chi connectivity index (χ2n) is 4.95. The van der Waals surface area contributed by atoms with Gasteiger partial charge in [-0.05, 0) is 43.6 Å². The molecule has 0 aliphatic heterocycles. The minimum atomic E-state index is -0.353. The number of carbonyl (C=O) groups excluding carboxylic acids is 2. The Morgan fingerprint density at radius 1 is 1.19 bits per heavy atom. The molecule has 0 saturated heterocycles. The summed E-state index contributed by atoms with van der Waals surface area (Å²) in [5.41, 5.74) is 7.06. The minimum Gasteiger partial charge on any atom is -0.298 e. The van der Waals surface area contributed by atoms with Crippen molar-refractivity contribution >= 4 is 35.2 Å². The van der Waals surface area contributed by atoms with Crippen LogP contribution in [-0.2, 0) is 9.59 Å². The van der Waals surface area contributed by atoms with Crippen LogP contribution in [0.1, 0.15) is 24.0 Å². The molecular formula is C15H17N3O2S. The van der Waals surface area contributed by atoms with Crippen LogP contribution in [0.15, 0.2) is 30.3 Å². The maximum Gasteiger partial charge on any atom is 0.250 e. The van der Waals surface area contributed by atoms with Gasteiger partial charge in [0.2, 0.25) is 11.8 Å². The summed E-state index contributed by atoms with van der Waals surface area (Å²) in [5, 5.41) is 2.53. The zero-order valence-corrected chi connectivity index (χ0v) is 12.5. The van der Waals surface area contributed by atoms with Crippen LogP contribution in [0.2, 0.25) is 0 Å². The number of rotatable bonds is 3. The largest absolute Gasteiger partial charge is 0.298 e. The number of amides is 2. The molecule has 1 fully saturated rings. The highest BCUT2D eigenvalue weighted by molar-refractivity contribution is 7.80. The first-order valence-corrected chi connectivity index (χ1v) is 7.11. The Kier molecular flexibility index (Phi) is 5.05. The molecule has 1 aliphatic carbocycles. The van der Waals surface area contributed by atoms with E-state index in [0.29, 0.717) is 0 Å². The van der Waals surface area contributed by atoms with E-state index in [1.165, 1.54) is 6.08 Å². The number of carbonyl (C=O) groups is 2. The number of benzene rings is 1. The summed E-state index contributed by atoms with van der Waals surface area (Å²) >= 11 is 4.91. The molecule has 1 saturated carbocycles. The van der Waals surface area contributed by atoms with Crippen molar-refractivity contribution in [2.75, 3.05) is 0 Å². The summed E-state index contributed by atoms with van der Waals surface area (Å²) in [4.78, 5) is 23.0. The average Bonchev–Trinajstić information content (AvgIpc) is 3.29. The summed E-state index contributed by atoms with van der Waals surface area (Å²) in [5.74, 6) is -0.368. The van der Waals surface area contributed by atoms with Crippen molar-refractivity contribution in [3.05, 3.63) is 41.5 Å². The highest BCUT2D eigenvalue weighted by atomic mass is 32.1. The molecule has 1 aromatic carbocycles. The third-order valence-corrected chi connectivity index (χ3v) is 3.19. The molecule has 110 valence electrons. The molecule has 1 aromatic rings. The van der Waals surface area contributed by atoms with Gasteiger partial charge in [0.15, 0.2) is 5.11 Å². The molecule has 0 aromatic heterocycles. The van der Waals surface area contributed by atoms with Crippen molar-refractivity contribution in [1.82, 2.24) is 16.2 Å². The molecule has 2 rings (SSSR count). The highest BCUT2D eigenvalue weighted by Crippen LogP contribution is 2.28. The molecule has 1 aliphatic rings. The first-order chi connectivity index (χ1) is 10.0. The molecule has 2 amide bonds. The van der Waals surface area contributed by atoms with Crippen molar-refractivity contribution < 1.29 is 9.59 Å². The average molecular weight is 303 g/mol. The van der Waals surface area contributed by atoms with Gasteiger partial charge in [0, 0.05) is 12.0 Å². The van der Waals surface area contributed by atoms with Crippen molar-refractivity contribution in [2.45, 2.75) is 19.8 Å². The van der Waals surface area contributed by atoms with Crippen molar-refractivity contribution in [3.8, 4) is 0 Å². The second kappa shape index (κ2) is 6.99. The SMILES string of the molecule is Cc1ccc(/C=C/C(=O)NC(=S)NNC(=O)C2CC2)cc1. The van der Waals surface area contributed by atoms with Crippen LogP contribution in [0.5, 0.6) is 0 Å². The van der Waals surface area contributed by atoms with E-state index >= 15 is 0 Å². The molecule has 0 spiro atoms. The fourth-order valence-corrected chi connectivity index (χ4v) is 1.75. The number of hydrazine groups is 1. The van der Waals surface area contributed by atoms with Crippen LogP contribution in [-0.4, -0.2) is 16.9 Å². The van der Waals surface area contributed by atoms with Gasteiger partial charge in [0.1, 0.15) is 0 Å². The van der Waals surface area contributed by atoms with E-state index in [1.807, 2.05) is 31.2 Å². The van der Waals surface area contributed by atoms with Gasteiger partial charge in [-0.3, -0.25) is 25.8 Å². The van der Waals surface area contributed by atoms with Gasteiger partial charge in [-0.15, -0.1) is 0 Å². The van der Waals surface area contributed by atoms with E-state index in [2.05, 4.69) is 16.2 Å². The fraction of sp³-hybridized carbons (Fsp3) is 0.267. The predicted molar refractivity (Wildman–Crippen MR) is 85.0 cm³/mol. The minimum absolute atomic E-state index is 0.0718. The number of thiocarbonyl (C=S) groups is 1. The first-order valence-electron chi connectivity index (χ1n) is 6.70. The van der Waals surface area contributed by atoms with Crippen molar-refractivity contribution in [1.29, 1.82) is 0 Å². The van der Waals surface area contributed by atoms with E-state index in [-0.39, 0.29) is 22.8 Å². The number of aryl methyl sites for hydroxylation is 1. The van der Waals surface area contributed by atoms with Crippen molar-refractivity contribution in [2.24, 2.45) is 5.92 Å². The van der Waals surface area contributed by atoms with Gasteiger partial charge in [-0.2, -0.15) is 0 Å². The van der Waals surface area contributed by atoms with Crippen LogP contribution >= 0.6 is 12.2 Å². The number of nitrogens with one attached hydrogen (secondary N) is 3. The third-order valence-electron chi connectivity index (χ3n) is 2.99. The Labute approximate surface area is 128 Å². The van der Waals surface area contributed by atoms with Crippen LogP contribution in [0, 0.1) is 12.8 Å². The van der Waals surface area contributed by atoms with Gasteiger partial charge < -0.3 is 0 Å². The highest BCUT2D eigenvalue weighted by Gasteiger charge is 2.29. The Morgan fingerprint density at radius 2 is 1.86 bits per heavy atom.